The third-order valence-corrected chi connectivity index (χ3v) is 4.30. The minimum absolute atomic E-state index is 0.0186. The summed E-state index contributed by atoms with van der Waals surface area (Å²) in [6.45, 7) is 0.115. The fourth-order valence-corrected chi connectivity index (χ4v) is 3.27. The van der Waals surface area contributed by atoms with Gasteiger partial charge in [-0.1, -0.05) is 17.3 Å². The van der Waals surface area contributed by atoms with Gasteiger partial charge in [0.15, 0.2) is 0 Å². The lowest BCUT2D eigenvalue weighted by Gasteiger charge is -2.16. The van der Waals surface area contributed by atoms with Gasteiger partial charge in [-0.05, 0) is 30.0 Å². The van der Waals surface area contributed by atoms with Crippen molar-refractivity contribution in [3.8, 4) is 6.07 Å². The van der Waals surface area contributed by atoms with Gasteiger partial charge in [-0.25, -0.2) is 0 Å². The second-order valence-corrected chi connectivity index (χ2v) is 5.38. The molecule has 1 fully saturated rings. The van der Waals surface area contributed by atoms with Gasteiger partial charge >= 0.3 is 0 Å². The van der Waals surface area contributed by atoms with E-state index in [2.05, 4.69) is 11.2 Å². The molecule has 1 heterocycles. The van der Waals surface area contributed by atoms with Crippen LogP contribution in [0.4, 0.5) is 0 Å². The Labute approximate surface area is 117 Å². The number of nitriles is 1. The predicted octanol–water partition coefficient (Wildman–Crippen LogP) is 0.898. The summed E-state index contributed by atoms with van der Waals surface area (Å²) in [5, 5.41) is 31.9. The van der Waals surface area contributed by atoms with Gasteiger partial charge in [0.1, 0.15) is 6.10 Å². The Morgan fingerprint density at radius 3 is 2.50 bits per heavy atom. The van der Waals surface area contributed by atoms with Crippen LogP contribution in [0.15, 0.2) is 29.4 Å². The van der Waals surface area contributed by atoms with Crippen molar-refractivity contribution >= 4 is 5.71 Å². The van der Waals surface area contributed by atoms with Crippen molar-refractivity contribution in [2.45, 2.75) is 12.5 Å². The molecule has 0 radical (unpaired) electrons. The zero-order valence-electron chi connectivity index (χ0n) is 10.9. The molecule has 3 rings (SSSR count). The molecule has 0 spiro atoms. The summed E-state index contributed by atoms with van der Waals surface area (Å²) in [6.07, 6.45) is 0.597. The molecule has 5 heteroatoms. The Hall–Kier alpha value is -1.90. The molecule has 1 aromatic carbocycles. The highest BCUT2D eigenvalue weighted by molar-refractivity contribution is 6.03. The summed E-state index contributed by atoms with van der Waals surface area (Å²) in [5.74, 6) is 0.107. The molecule has 1 aromatic rings. The summed E-state index contributed by atoms with van der Waals surface area (Å²) in [7, 11) is 0. The average Bonchev–Trinajstić information content (AvgIpc) is 3.07. The van der Waals surface area contributed by atoms with Crippen LogP contribution in [0.5, 0.6) is 0 Å². The Bertz CT molecular complexity index is 561. The van der Waals surface area contributed by atoms with E-state index in [1.807, 2.05) is 12.1 Å². The summed E-state index contributed by atoms with van der Waals surface area (Å²) in [5.41, 5.74) is 2.33. The summed E-state index contributed by atoms with van der Waals surface area (Å²) in [4.78, 5) is 5.49. The molecular weight excluding hydrogens is 256 g/mol. The molecule has 0 amide bonds. The number of oxime groups is 1. The van der Waals surface area contributed by atoms with E-state index in [-0.39, 0.29) is 37.1 Å². The zero-order chi connectivity index (χ0) is 14.1. The molecule has 1 saturated carbocycles. The Balaban J connectivity index is 1.89. The van der Waals surface area contributed by atoms with Crippen molar-refractivity contribution in [1.82, 2.24) is 0 Å². The number of rotatable bonds is 3. The van der Waals surface area contributed by atoms with Crippen molar-refractivity contribution in [3.05, 3.63) is 35.4 Å². The minimum atomic E-state index is -0.150. The molecule has 1 aliphatic carbocycles. The number of benzene rings is 1. The van der Waals surface area contributed by atoms with E-state index in [1.165, 1.54) is 0 Å². The van der Waals surface area contributed by atoms with Gasteiger partial charge < -0.3 is 15.1 Å². The molecular formula is C15H16N2O3. The van der Waals surface area contributed by atoms with Crippen LogP contribution in [-0.4, -0.2) is 35.2 Å². The van der Waals surface area contributed by atoms with Crippen molar-refractivity contribution in [2.75, 3.05) is 13.2 Å². The second kappa shape index (κ2) is 5.23. The maximum Gasteiger partial charge on any atom is 0.141 e. The third kappa shape index (κ3) is 1.98. The lowest BCUT2D eigenvalue weighted by molar-refractivity contribution is 0.0198. The number of hydrogen-bond acceptors (Lipinski definition) is 5. The van der Waals surface area contributed by atoms with E-state index < -0.39 is 0 Å². The molecule has 1 aliphatic heterocycles. The lowest BCUT2D eigenvalue weighted by atomic mass is 9.87. The van der Waals surface area contributed by atoms with Crippen LogP contribution < -0.4 is 0 Å². The van der Waals surface area contributed by atoms with Crippen LogP contribution in [0.25, 0.3) is 0 Å². The topological polar surface area (TPSA) is 85.8 Å². The molecule has 2 aliphatic rings. The number of hydrogen-bond donors (Lipinski definition) is 2. The first kappa shape index (κ1) is 13.1. The highest BCUT2D eigenvalue weighted by atomic mass is 16.6. The van der Waals surface area contributed by atoms with Crippen LogP contribution in [0.3, 0.4) is 0 Å². The van der Waals surface area contributed by atoms with Gasteiger partial charge in [-0.3, -0.25) is 0 Å². The maximum absolute atomic E-state index is 9.54. The van der Waals surface area contributed by atoms with E-state index in [1.54, 1.807) is 12.1 Å². The Morgan fingerprint density at radius 2 is 1.90 bits per heavy atom. The molecule has 5 nitrogen and oxygen atoms in total. The van der Waals surface area contributed by atoms with E-state index in [0.717, 1.165) is 17.7 Å². The van der Waals surface area contributed by atoms with Gasteiger partial charge in [0.05, 0.1) is 23.3 Å². The third-order valence-electron chi connectivity index (χ3n) is 4.30. The highest BCUT2D eigenvalue weighted by Crippen LogP contribution is 2.43. The van der Waals surface area contributed by atoms with Crippen molar-refractivity contribution in [2.24, 2.45) is 22.9 Å². The second-order valence-electron chi connectivity index (χ2n) is 5.38. The smallest absolute Gasteiger partial charge is 0.141 e. The van der Waals surface area contributed by atoms with Crippen LogP contribution in [0.2, 0.25) is 0 Å². The summed E-state index contributed by atoms with van der Waals surface area (Å²) >= 11 is 0. The molecule has 4 atom stereocenters. The van der Waals surface area contributed by atoms with Gasteiger partial charge in [-0.2, -0.15) is 5.26 Å². The van der Waals surface area contributed by atoms with Gasteiger partial charge in [0.25, 0.3) is 0 Å². The fraction of sp³-hybridized carbons (Fsp3) is 0.467. The van der Waals surface area contributed by atoms with Crippen molar-refractivity contribution < 1.29 is 15.1 Å². The van der Waals surface area contributed by atoms with E-state index in [9.17, 15) is 10.2 Å². The first-order valence-electron chi connectivity index (χ1n) is 6.74. The summed E-state index contributed by atoms with van der Waals surface area (Å²) in [6, 6.07) is 9.28. The predicted molar refractivity (Wildman–Crippen MR) is 71.8 cm³/mol. The fourth-order valence-electron chi connectivity index (χ4n) is 3.27. The average molecular weight is 272 g/mol. The zero-order valence-corrected chi connectivity index (χ0v) is 10.9. The quantitative estimate of drug-likeness (QED) is 0.856. The molecule has 20 heavy (non-hydrogen) atoms. The van der Waals surface area contributed by atoms with Crippen LogP contribution in [0.1, 0.15) is 17.5 Å². The van der Waals surface area contributed by atoms with Crippen molar-refractivity contribution in [3.63, 3.8) is 0 Å². The maximum atomic E-state index is 9.54. The molecule has 0 saturated heterocycles. The van der Waals surface area contributed by atoms with Gasteiger partial charge in [-0.15, -0.1) is 0 Å². The SMILES string of the molecule is N#Cc1ccc(C2=NO[C@@H]3[C@H](CO)C[C@H](CO)[C@H]23)cc1. The van der Waals surface area contributed by atoms with E-state index >= 15 is 0 Å². The number of fused-ring (bicyclic) bond motifs is 1. The Morgan fingerprint density at radius 1 is 1.20 bits per heavy atom. The number of aliphatic hydroxyl groups is 2. The van der Waals surface area contributed by atoms with Gasteiger partial charge in [0, 0.05) is 19.1 Å². The Kier molecular flexibility index (Phi) is 3.43. The molecule has 0 aromatic heterocycles. The van der Waals surface area contributed by atoms with Crippen LogP contribution in [-0.2, 0) is 4.84 Å². The van der Waals surface area contributed by atoms with E-state index in [4.69, 9.17) is 10.1 Å². The van der Waals surface area contributed by atoms with Crippen LogP contribution >= 0.6 is 0 Å². The normalized spacial score (nSPS) is 31.4. The standard InChI is InChI=1S/C15H16N2O3/c16-6-9-1-3-10(4-2-9)14-13-11(7-18)5-12(8-19)15(13)20-17-14/h1-4,11-13,15,18-19H,5,7-8H2/t11-,12+,13-,15-/m1/s1. The molecule has 2 N–H and O–H groups in total. The van der Waals surface area contributed by atoms with Crippen molar-refractivity contribution in [1.29, 1.82) is 5.26 Å². The number of nitrogens with zero attached hydrogens (tertiary/aromatic N) is 2. The summed E-state index contributed by atoms with van der Waals surface area (Å²) < 4.78 is 0. The van der Waals surface area contributed by atoms with Crippen LogP contribution in [0, 0.1) is 29.1 Å². The molecule has 0 unspecified atom stereocenters. The first-order valence-corrected chi connectivity index (χ1v) is 6.74. The number of aliphatic hydroxyl groups excluding tert-OH is 2. The molecule has 104 valence electrons. The first-order chi connectivity index (χ1) is 9.78. The van der Waals surface area contributed by atoms with E-state index in [0.29, 0.717) is 5.56 Å². The monoisotopic (exact) mass is 272 g/mol. The highest BCUT2D eigenvalue weighted by Gasteiger charge is 2.50. The lowest BCUT2D eigenvalue weighted by Crippen LogP contribution is -2.28. The van der Waals surface area contributed by atoms with Gasteiger partial charge in [0.2, 0.25) is 0 Å². The largest absolute Gasteiger partial charge is 0.396 e. The molecule has 0 bridgehead atoms. The minimum Gasteiger partial charge on any atom is -0.396 e.